The van der Waals surface area contributed by atoms with Crippen molar-refractivity contribution in [3.63, 3.8) is 0 Å². The average Bonchev–Trinajstić information content (AvgIpc) is 3.02. The summed E-state index contributed by atoms with van der Waals surface area (Å²) in [6.07, 6.45) is -4.48. The van der Waals surface area contributed by atoms with E-state index < -0.39 is 11.7 Å². The zero-order chi connectivity index (χ0) is 18.6. The van der Waals surface area contributed by atoms with Crippen LogP contribution >= 0.6 is 23.2 Å². The van der Waals surface area contributed by atoms with Crippen LogP contribution in [-0.4, -0.2) is 19.6 Å². The van der Waals surface area contributed by atoms with Crippen LogP contribution in [0.5, 0.6) is 0 Å². The van der Waals surface area contributed by atoms with Crippen LogP contribution in [0.25, 0.3) is 28.1 Å². The summed E-state index contributed by atoms with van der Waals surface area (Å²) in [5.41, 5.74) is 1.19. The molecule has 0 fully saturated rings. The van der Waals surface area contributed by atoms with Crippen molar-refractivity contribution in [1.82, 2.24) is 19.6 Å². The lowest BCUT2D eigenvalue weighted by atomic mass is 10.1. The minimum absolute atomic E-state index is 0.233. The number of fused-ring (bicyclic) bond motifs is 3. The Morgan fingerprint density at radius 3 is 2.54 bits per heavy atom. The Morgan fingerprint density at radius 2 is 1.81 bits per heavy atom. The van der Waals surface area contributed by atoms with Gasteiger partial charge >= 0.3 is 6.18 Å². The summed E-state index contributed by atoms with van der Waals surface area (Å²) >= 11 is 12.3. The molecule has 0 N–H and O–H groups in total. The second-order valence-electron chi connectivity index (χ2n) is 5.68. The van der Waals surface area contributed by atoms with Crippen LogP contribution in [0.3, 0.4) is 0 Å². The Labute approximate surface area is 155 Å². The number of halogens is 5. The van der Waals surface area contributed by atoms with Gasteiger partial charge < -0.3 is 0 Å². The molecule has 2 aromatic carbocycles. The molecule has 0 unspecified atom stereocenters. The predicted molar refractivity (Wildman–Crippen MR) is 93.5 cm³/mol. The summed E-state index contributed by atoms with van der Waals surface area (Å²) in [7, 11) is 0. The third-order valence-corrected chi connectivity index (χ3v) is 4.83. The first-order chi connectivity index (χ1) is 12.3. The first-order valence-corrected chi connectivity index (χ1v) is 8.20. The van der Waals surface area contributed by atoms with Crippen molar-refractivity contribution in [3.8, 4) is 11.4 Å². The third-order valence-electron chi connectivity index (χ3n) is 4.01. The van der Waals surface area contributed by atoms with Gasteiger partial charge in [-0.3, -0.25) is 4.40 Å². The zero-order valence-electron chi connectivity index (χ0n) is 13.1. The van der Waals surface area contributed by atoms with Crippen molar-refractivity contribution in [2.45, 2.75) is 13.1 Å². The van der Waals surface area contributed by atoms with Gasteiger partial charge in [-0.2, -0.15) is 13.2 Å². The van der Waals surface area contributed by atoms with Crippen molar-refractivity contribution in [3.05, 3.63) is 57.7 Å². The molecule has 9 heteroatoms. The summed E-state index contributed by atoms with van der Waals surface area (Å²) in [5.74, 6) is 0.294. The molecular weight excluding hydrogens is 388 g/mol. The van der Waals surface area contributed by atoms with Gasteiger partial charge in [0.2, 0.25) is 0 Å². The average molecular weight is 397 g/mol. The Morgan fingerprint density at radius 1 is 1.04 bits per heavy atom. The lowest BCUT2D eigenvalue weighted by Gasteiger charge is -2.11. The van der Waals surface area contributed by atoms with Crippen molar-refractivity contribution in [1.29, 1.82) is 0 Å². The van der Waals surface area contributed by atoms with E-state index in [-0.39, 0.29) is 10.5 Å². The van der Waals surface area contributed by atoms with E-state index in [1.807, 2.05) is 0 Å². The lowest BCUT2D eigenvalue weighted by molar-refractivity contribution is -0.137. The van der Waals surface area contributed by atoms with Crippen molar-refractivity contribution in [2.24, 2.45) is 0 Å². The second-order valence-corrected chi connectivity index (χ2v) is 6.47. The van der Waals surface area contributed by atoms with Gasteiger partial charge in [-0.1, -0.05) is 29.3 Å². The van der Waals surface area contributed by atoms with E-state index in [0.717, 1.165) is 12.1 Å². The number of hydrogen-bond acceptors (Lipinski definition) is 3. The molecular formula is C17H9Cl2F3N4. The molecule has 0 bridgehead atoms. The number of benzene rings is 2. The molecule has 0 radical (unpaired) electrons. The molecule has 0 atom stereocenters. The summed E-state index contributed by atoms with van der Waals surface area (Å²) in [6.45, 7) is 1.71. The van der Waals surface area contributed by atoms with Crippen molar-refractivity contribution >= 4 is 39.9 Å². The summed E-state index contributed by atoms with van der Waals surface area (Å²) in [5, 5.41) is 8.75. The normalized spacial score (nSPS) is 12.2. The smallest absolute Gasteiger partial charge is 0.272 e. The predicted octanol–water partition coefficient (Wildman–Crippen LogP) is 5.58. The highest BCUT2D eigenvalue weighted by atomic mass is 35.5. The minimum Gasteiger partial charge on any atom is -0.272 e. The molecule has 2 aromatic heterocycles. The monoisotopic (exact) mass is 396 g/mol. The quantitative estimate of drug-likeness (QED) is 0.421. The Bertz CT molecular complexity index is 1170. The number of nitrogens with zero attached hydrogens (tertiary/aromatic N) is 4. The molecule has 0 aliphatic carbocycles. The molecule has 4 nitrogen and oxygen atoms in total. The number of alkyl halides is 3. The van der Waals surface area contributed by atoms with Crippen LogP contribution < -0.4 is 0 Å². The van der Waals surface area contributed by atoms with Crippen molar-refractivity contribution < 1.29 is 13.2 Å². The summed E-state index contributed by atoms with van der Waals surface area (Å²) in [6, 6.07) is 8.33. The highest BCUT2D eigenvalue weighted by Gasteiger charge is 2.31. The number of rotatable bonds is 1. The second kappa shape index (κ2) is 5.82. The van der Waals surface area contributed by atoms with E-state index in [4.69, 9.17) is 23.2 Å². The molecule has 0 saturated heterocycles. The van der Waals surface area contributed by atoms with Crippen LogP contribution in [0.1, 0.15) is 11.3 Å². The molecule has 0 aliphatic rings. The van der Waals surface area contributed by atoms with Gasteiger partial charge in [0.15, 0.2) is 11.5 Å². The van der Waals surface area contributed by atoms with Gasteiger partial charge in [0.25, 0.3) is 0 Å². The lowest BCUT2D eigenvalue weighted by Crippen LogP contribution is -2.06. The Hall–Kier alpha value is -2.38. The SMILES string of the molecule is Cc1nc2ccc(C(F)(F)F)cc2n2c(-c3cccc(Cl)c3Cl)nnc12. The standard InChI is InChI=1S/C17H9Cl2F3N4/c1-8-15-24-25-16(10-3-2-4-11(18)14(10)19)26(15)13-7-9(17(20,21)22)5-6-12(13)23-8/h2-7H,1H3. The van der Waals surface area contributed by atoms with Gasteiger partial charge in [-0.25, -0.2) is 4.98 Å². The first kappa shape index (κ1) is 17.1. The van der Waals surface area contributed by atoms with Crippen LogP contribution in [-0.2, 0) is 6.18 Å². The molecule has 2 heterocycles. The van der Waals surface area contributed by atoms with Crippen LogP contribution in [0, 0.1) is 6.92 Å². The maximum absolute atomic E-state index is 13.2. The molecule has 0 amide bonds. The van der Waals surface area contributed by atoms with Gasteiger partial charge in [-0.15, -0.1) is 10.2 Å². The third kappa shape index (κ3) is 2.59. The fraction of sp³-hybridized carbons (Fsp3) is 0.118. The maximum atomic E-state index is 13.2. The van der Waals surface area contributed by atoms with Gasteiger partial charge in [0, 0.05) is 5.56 Å². The van der Waals surface area contributed by atoms with Gasteiger partial charge in [0.1, 0.15) is 0 Å². The fourth-order valence-electron chi connectivity index (χ4n) is 2.80. The van der Waals surface area contributed by atoms with E-state index in [1.165, 1.54) is 10.5 Å². The molecule has 4 rings (SSSR count). The highest BCUT2D eigenvalue weighted by molar-refractivity contribution is 6.43. The highest BCUT2D eigenvalue weighted by Crippen LogP contribution is 2.35. The van der Waals surface area contributed by atoms with Gasteiger partial charge in [0.05, 0.1) is 32.3 Å². The molecule has 0 saturated carbocycles. The van der Waals surface area contributed by atoms with E-state index >= 15 is 0 Å². The molecule has 132 valence electrons. The van der Waals surface area contributed by atoms with E-state index in [1.54, 1.807) is 25.1 Å². The van der Waals surface area contributed by atoms with E-state index in [0.29, 0.717) is 33.3 Å². The van der Waals surface area contributed by atoms with Crippen LogP contribution in [0.4, 0.5) is 13.2 Å². The summed E-state index contributed by atoms with van der Waals surface area (Å²) < 4.78 is 41.0. The molecule has 26 heavy (non-hydrogen) atoms. The molecule has 0 spiro atoms. The largest absolute Gasteiger partial charge is 0.416 e. The number of aromatic nitrogens is 4. The summed E-state index contributed by atoms with van der Waals surface area (Å²) in [4.78, 5) is 4.32. The van der Waals surface area contributed by atoms with Crippen LogP contribution in [0.2, 0.25) is 10.0 Å². The maximum Gasteiger partial charge on any atom is 0.416 e. The van der Waals surface area contributed by atoms with Crippen molar-refractivity contribution in [2.75, 3.05) is 0 Å². The zero-order valence-corrected chi connectivity index (χ0v) is 14.7. The number of aryl methyl sites for hydroxylation is 1. The minimum atomic E-state index is -4.48. The topological polar surface area (TPSA) is 43.1 Å². The van der Waals surface area contributed by atoms with E-state index in [2.05, 4.69) is 15.2 Å². The Balaban J connectivity index is 2.14. The Kier molecular flexibility index (Phi) is 3.82. The van der Waals surface area contributed by atoms with Crippen LogP contribution in [0.15, 0.2) is 36.4 Å². The molecule has 4 aromatic rings. The van der Waals surface area contributed by atoms with E-state index in [9.17, 15) is 13.2 Å². The van der Waals surface area contributed by atoms with Gasteiger partial charge in [-0.05, 0) is 37.3 Å². The fourth-order valence-corrected chi connectivity index (χ4v) is 3.19. The number of hydrogen-bond donors (Lipinski definition) is 0. The molecule has 0 aliphatic heterocycles. The first-order valence-electron chi connectivity index (χ1n) is 7.44.